The molecular formula is C23H18F4N4. The maximum atomic E-state index is 14.6. The highest BCUT2D eigenvalue weighted by atomic mass is 19.4. The Morgan fingerprint density at radius 1 is 0.903 bits per heavy atom. The number of benzene rings is 2. The molecule has 1 N–H and O–H groups in total. The van der Waals surface area contributed by atoms with E-state index in [0.717, 1.165) is 28.5 Å². The fraction of sp³-hybridized carbons (Fsp3) is 0.174. The van der Waals surface area contributed by atoms with Gasteiger partial charge in [-0.15, -0.1) is 5.10 Å². The SMILES string of the molecule is CC(C)(F)c1cccnc1-c1ccc2c(Nc3ccc(C(F)(F)F)cc3)nncc2c1. The van der Waals surface area contributed by atoms with Crippen molar-refractivity contribution in [2.45, 2.75) is 25.7 Å². The molecule has 0 aliphatic heterocycles. The smallest absolute Gasteiger partial charge is 0.338 e. The van der Waals surface area contributed by atoms with Crippen molar-refractivity contribution in [2.24, 2.45) is 0 Å². The number of nitrogens with one attached hydrogen (secondary N) is 1. The van der Waals surface area contributed by atoms with Gasteiger partial charge in [0.1, 0.15) is 5.67 Å². The van der Waals surface area contributed by atoms with Crippen LogP contribution in [-0.2, 0) is 11.8 Å². The zero-order chi connectivity index (χ0) is 22.2. The predicted octanol–water partition coefficient (Wildman–Crippen LogP) is 6.66. The minimum absolute atomic E-state index is 0.399. The molecule has 0 unspecified atom stereocenters. The van der Waals surface area contributed by atoms with E-state index in [-0.39, 0.29) is 0 Å². The average molecular weight is 426 g/mol. The maximum Gasteiger partial charge on any atom is 0.416 e. The Kier molecular flexibility index (Phi) is 5.08. The first kappa shape index (κ1) is 20.7. The monoisotopic (exact) mass is 426 g/mol. The van der Waals surface area contributed by atoms with Gasteiger partial charge in [-0.1, -0.05) is 12.1 Å². The lowest BCUT2D eigenvalue weighted by molar-refractivity contribution is -0.137. The minimum Gasteiger partial charge on any atom is -0.338 e. The van der Waals surface area contributed by atoms with E-state index >= 15 is 0 Å². The van der Waals surface area contributed by atoms with Crippen molar-refractivity contribution in [1.82, 2.24) is 15.2 Å². The second-order valence-corrected chi connectivity index (χ2v) is 7.57. The summed E-state index contributed by atoms with van der Waals surface area (Å²) in [5, 5.41) is 12.5. The molecule has 2 aromatic heterocycles. The summed E-state index contributed by atoms with van der Waals surface area (Å²) in [7, 11) is 0. The first-order valence-corrected chi connectivity index (χ1v) is 9.47. The summed E-state index contributed by atoms with van der Waals surface area (Å²) in [5.41, 5.74) is -0.115. The van der Waals surface area contributed by atoms with E-state index in [2.05, 4.69) is 20.5 Å². The number of hydrogen-bond donors (Lipinski definition) is 1. The Hall–Kier alpha value is -3.55. The highest BCUT2D eigenvalue weighted by molar-refractivity contribution is 5.95. The van der Waals surface area contributed by atoms with Gasteiger partial charge in [-0.05, 0) is 56.3 Å². The van der Waals surface area contributed by atoms with Crippen LogP contribution in [0.2, 0.25) is 0 Å². The van der Waals surface area contributed by atoms with Gasteiger partial charge in [-0.3, -0.25) is 4.98 Å². The molecule has 0 radical (unpaired) electrons. The van der Waals surface area contributed by atoms with Gasteiger partial charge in [0.2, 0.25) is 0 Å². The van der Waals surface area contributed by atoms with Crippen molar-refractivity contribution in [2.75, 3.05) is 5.32 Å². The molecule has 0 aliphatic carbocycles. The van der Waals surface area contributed by atoms with Gasteiger partial charge in [-0.25, -0.2) is 4.39 Å². The number of pyridine rings is 1. The van der Waals surface area contributed by atoms with E-state index in [4.69, 9.17) is 0 Å². The van der Waals surface area contributed by atoms with Crippen LogP contribution in [0.1, 0.15) is 25.0 Å². The number of halogens is 4. The number of aromatic nitrogens is 3. The fourth-order valence-electron chi connectivity index (χ4n) is 3.32. The standard InChI is InChI=1S/C23H18F4N4/c1-22(2,24)19-4-3-11-28-20(19)14-5-10-18-15(12-14)13-29-31-21(18)30-17-8-6-16(7-9-17)23(25,26)27/h3-13H,1-2H3,(H,30,31). The number of nitrogens with zero attached hydrogens (tertiary/aromatic N) is 3. The molecule has 4 aromatic rings. The Morgan fingerprint density at radius 2 is 1.65 bits per heavy atom. The highest BCUT2D eigenvalue weighted by Crippen LogP contribution is 2.35. The summed E-state index contributed by atoms with van der Waals surface area (Å²) in [4.78, 5) is 4.36. The van der Waals surface area contributed by atoms with Crippen LogP contribution < -0.4 is 5.32 Å². The van der Waals surface area contributed by atoms with Crippen molar-refractivity contribution in [3.05, 3.63) is 78.1 Å². The lowest BCUT2D eigenvalue weighted by atomic mass is 9.94. The molecule has 0 saturated heterocycles. The van der Waals surface area contributed by atoms with Crippen molar-refractivity contribution in [3.8, 4) is 11.3 Å². The molecule has 0 aliphatic rings. The van der Waals surface area contributed by atoms with Crippen LogP contribution in [0.5, 0.6) is 0 Å². The van der Waals surface area contributed by atoms with Crippen LogP contribution in [0.15, 0.2) is 67.0 Å². The first-order valence-electron chi connectivity index (χ1n) is 9.47. The fourth-order valence-corrected chi connectivity index (χ4v) is 3.32. The first-order chi connectivity index (χ1) is 14.6. The Balaban J connectivity index is 1.70. The molecule has 8 heteroatoms. The summed E-state index contributed by atoms with van der Waals surface area (Å²) in [6.07, 6.45) is -1.22. The number of fused-ring (bicyclic) bond motifs is 1. The van der Waals surface area contributed by atoms with Gasteiger partial charge in [0.05, 0.1) is 17.5 Å². The van der Waals surface area contributed by atoms with Crippen LogP contribution in [0.3, 0.4) is 0 Å². The van der Waals surface area contributed by atoms with E-state index in [1.54, 1.807) is 36.7 Å². The Labute approximate surface area is 176 Å². The highest BCUT2D eigenvalue weighted by Gasteiger charge is 2.30. The van der Waals surface area contributed by atoms with Gasteiger partial charge >= 0.3 is 6.18 Å². The molecule has 2 heterocycles. The molecule has 4 nitrogen and oxygen atoms in total. The van der Waals surface area contributed by atoms with E-state index in [9.17, 15) is 17.6 Å². The zero-order valence-corrected chi connectivity index (χ0v) is 16.7. The summed E-state index contributed by atoms with van der Waals surface area (Å²) >= 11 is 0. The Bertz CT molecular complexity index is 1230. The molecule has 2 aromatic carbocycles. The second kappa shape index (κ2) is 7.61. The molecule has 4 rings (SSSR count). The van der Waals surface area contributed by atoms with Crippen molar-refractivity contribution in [3.63, 3.8) is 0 Å². The lowest BCUT2D eigenvalue weighted by Crippen LogP contribution is -2.11. The summed E-state index contributed by atoms with van der Waals surface area (Å²) in [6, 6.07) is 13.5. The van der Waals surface area contributed by atoms with Gasteiger partial charge in [0.15, 0.2) is 5.82 Å². The van der Waals surface area contributed by atoms with Crippen LogP contribution in [0, 0.1) is 0 Å². The number of hydrogen-bond acceptors (Lipinski definition) is 4. The molecule has 0 atom stereocenters. The van der Waals surface area contributed by atoms with Gasteiger partial charge in [-0.2, -0.15) is 18.3 Å². The normalized spacial score (nSPS) is 12.2. The molecule has 31 heavy (non-hydrogen) atoms. The van der Waals surface area contributed by atoms with E-state index in [0.29, 0.717) is 22.8 Å². The maximum absolute atomic E-state index is 14.6. The average Bonchev–Trinajstić information content (AvgIpc) is 2.73. The van der Waals surface area contributed by atoms with E-state index in [1.807, 2.05) is 6.07 Å². The van der Waals surface area contributed by atoms with Crippen LogP contribution in [-0.4, -0.2) is 15.2 Å². The lowest BCUT2D eigenvalue weighted by Gasteiger charge is -2.18. The predicted molar refractivity (Wildman–Crippen MR) is 112 cm³/mol. The molecule has 0 bridgehead atoms. The third-order valence-electron chi connectivity index (χ3n) is 4.86. The number of rotatable bonds is 4. The topological polar surface area (TPSA) is 50.7 Å². The summed E-state index contributed by atoms with van der Waals surface area (Å²) < 4.78 is 52.9. The number of anilines is 2. The summed E-state index contributed by atoms with van der Waals surface area (Å²) in [6.45, 7) is 2.96. The third-order valence-corrected chi connectivity index (χ3v) is 4.86. The molecule has 0 saturated carbocycles. The zero-order valence-electron chi connectivity index (χ0n) is 16.7. The van der Waals surface area contributed by atoms with Crippen LogP contribution in [0.4, 0.5) is 29.1 Å². The molecule has 0 amide bonds. The minimum atomic E-state index is -4.40. The molecule has 0 fully saturated rings. The molecular weight excluding hydrogens is 408 g/mol. The largest absolute Gasteiger partial charge is 0.416 e. The van der Waals surface area contributed by atoms with Crippen molar-refractivity contribution >= 4 is 22.3 Å². The van der Waals surface area contributed by atoms with Crippen LogP contribution in [0.25, 0.3) is 22.0 Å². The Morgan fingerprint density at radius 3 is 2.32 bits per heavy atom. The van der Waals surface area contributed by atoms with Crippen molar-refractivity contribution in [1.29, 1.82) is 0 Å². The van der Waals surface area contributed by atoms with Crippen LogP contribution >= 0.6 is 0 Å². The molecule has 0 spiro atoms. The van der Waals surface area contributed by atoms with Gasteiger partial charge in [0.25, 0.3) is 0 Å². The third kappa shape index (κ3) is 4.33. The number of alkyl halides is 4. The summed E-state index contributed by atoms with van der Waals surface area (Å²) in [5.74, 6) is 0.399. The molecule has 158 valence electrons. The quantitative estimate of drug-likeness (QED) is 0.371. The van der Waals surface area contributed by atoms with Gasteiger partial charge in [0, 0.05) is 33.8 Å². The second-order valence-electron chi connectivity index (χ2n) is 7.57. The van der Waals surface area contributed by atoms with E-state index in [1.165, 1.54) is 26.0 Å². The van der Waals surface area contributed by atoms with Gasteiger partial charge < -0.3 is 5.32 Å². The van der Waals surface area contributed by atoms with Crippen molar-refractivity contribution < 1.29 is 17.6 Å². The van der Waals surface area contributed by atoms with E-state index < -0.39 is 17.4 Å².